The quantitative estimate of drug-likeness (QED) is 0.874. The topological polar surface area (TPSA) is 46.2 Å². The molecule has 0 heterocycles. The van der Waals surface area contributed by atoms with Gasteiger partial charge in [0.2, 0.25) is 0 Å². The van der Waals surface area contributed by atoms with Gasteiger partial charge in [-0.25, -0.2) is 17.2 Å². The van der Waals surface area contributed by atoms with Crippen LogP contribution < -0.4 is 4.72 Å². The highest BCUT2D eigenvalue weighted by molar-refractivity contribution is 9.10. The second-order valence-corrected chi connectivity index (χ2v) is 6.90. The summed E-state index contributed by atoms with van der Waals surface area (Å²) in [6, 6.07) is 7.38. The summed E-state index contributed by atoms with van der Waals surface area (Å²) in [6.45, 7) is 1.87. The minimum absolute atomic E-state index is 0.365. The molecule has 0 bridgehead atoms. The van der Waals surface area contributed by atoms with E-state index in [2.05, 4.69) is 20.7 Å². The lowest BCUT2D eigenvalue weighted by molar-refractivity contribution is 0.551. The smallest absolute Gasteiger partial charge is 0.264 e. The van der Waals surface area contributed by atoms with Crippen LogP contribution >= 0.6 is 15.9 Å². The molecule has 2 aromatic carbocycles. The number of benzene rings is 2. The van der Waals surface area contributed by atoms with E-state index in [-0.39, 0.29) is 0 Å². The van der Waals surface area contributed by atoms with Gasteiger partial charge in [0, 0.05) is 10.5 Å². The molecule has 0 aromatic heterocycles. The Balaban J connectivity index is 2.42. The zero-order valence-corrected chi connectivity index (χ0v) is 13.4. The number of hydrogen-bond acceptors (Lipinski definition) is 2. The van der Waals surface area contributed by atoms with E-state index in [1.54, 1.807) is 18.2 Å². The van der Waals surface area contributed by atoms with Crippen molar-refractivity contribution in [1.29, 1.82) is 0 Å². The Morgan fingerprint density at radius 1 is 1.14 bits per heavy atom. The summed E-state index contributed by atoms with van der Waals surface area (Å²) in [7, 11) is -4.11. The van der Waals surface area contributed by atoms with Crippen LogP contribution in [-0.2, 0) is 16.4 Å². The maximum absolute atomic E-state index is 13.6. The molecule has 0 fully saturated rings. The molecular weight excluding hydrogens is 364 g/mol. The predicted octanol–water partition coefficient (Wildman–Crippen LogP) is 4.09. The molecule has 7 heteroatoms. The molecule has 0 aliphatic rings. The van der Waals surface area contributed by atoms with Gasteiger partial charge in [-0.05, 0) is 42.3 Å². The number of hydrogen-bond donors (Lipinski definition) is 1. The molecule has 112 valence electrons. The normalized spacial score (nSPS) is 11.4. The van der Waals surface area contributed by atoms with Crippen molar-refractivity contribution in [2.24, 2.45) is 0 Å². The van der Waals surface area contributed by atoms with E-state index < -0.39 is 26.6 Å². The lowest BCUT2D eigenvalue weighted by atomic mass is 10.1. The standard InChI is InChI=1S/C14H12BrF2NO2S/c1-2-9-7-10(15)3-5-13(9)18-21(19,20)14-6-4-11(16)8-12(14)17/h3-8,18H,2H2,1H3. The Labute approximate surface area is 130 Å². The van der Waals surface area contributed by atoms with Gasteiger partial charge in [0.15, 0.2) is 0 Å². The Hall–Kier alpha value is -1.47. The Morgan fingerprint density at radius 3 is 2.48 bits per heavy atom. The van der Waals surface area contributed by atoms with E-state index >= 15 is 0 Å². The molecule has 0 aliphatic carbocycles. The van der Waals surface area contributed by atoms with Crippen molar-refractivity contribution in [3.63, 3.8) is 0 Å². The molecule has 2 rings (SSSR count). The van der Waals surface area contributed by atoms with Crippen LogP contribution in [0.15, 0.2) is 45.8 Å². The summed E-state index contributed by atoms with van der Waals surface area (Å²) in [6.07, 6.45) is 0.600. The minimum Gasteiger partial charge on any atom is -0.279 e. The summed E-state index contributed by atoms with van der Waals surface area (Å²) >= 11 is 3.30. The van der Waals surface area contributed by atoms with E-state index in [0.717, 1.165) is 22.2 Å². The molecule has 0 saturated carbocycles. The Bertz CT molecular complexity index is 779. The fraction of sp³-hybridized carbons (Fsp3) is 0.143. The molecule has 1 N–H and O–H groups in total. The molecule has 0 aliphatic heterocycles. The first-order chi connectivity index (χ1) is 9.83. The van der Waals surface area contributed by atoms with E-state index in [1.807, 2.05) is 6.92 Å². The molecule has 0 atom stereocenters. The van der Waals surface area contributed by atoms with Crippen molar-refractivity contribution in [2.75, 3.05) is 4.72 Å². The summed E-state index contributed by atoms with van der Waals surface area (Å²) in [5.41, 5.74) is 1.12. The highest BCUT2D eigenvalue weighted by Crippen LogP contribution is 2.25. The first-order valence-electron chi connectivity index (χ1n) is 6.10. The van der Waals surface area contributed by atoms with Crippen molar-refractivity contribution in [2.45, 2.75) is 18.2 Å². The maximum atomic E-state index is 13.6. The number of aryl methyl sites for hydroxylation is 1. The molecular formula is C14H12BrF2NO2S. The van der Waals surface area contributed by atoms with Gasteiger partial charge < -0.3 is 0 Å². The summed E-state index contributed by atoms with van der Waals surface area (Å²) in [4.78, 5) is -0.589. The van der Waals surface area contributed by atoms with E-state index in [1.165, 1.54) is 0 Å². The van der Waals surface area contributed by atoms with Gasteiger partial charge in [0.25, 0.3) is 10.0 Å². The third-order valence-electron chi connectivity index (χ3n) is 2.88. The monoisotopic (exact) mass is 375 g/mol. The summed E-state index contributed by atoms with van der Waals surface area (Å²) in [5, 5.41) is 0. The van der Waals surface area contributed by atoms with Crippen LogP contribution in [0, 0.1) is 11.6 Å². The van der Waals surface area contributed by atoms with Crippen LogP contribution in [0.2, 0.25) is 0 Å². The summed E-state index contributed by atoms with van der Waals surface area (Å²) in [5.74, 6) is -1.96. The van der Waals surface area contributed by atoms with E-state index in [9.17, 15) is 17.2 Å². The SMILES string of the molecule is CCc1cc(Br)ccc1NS(=O)(=O)c1ccc(F)cc1F. The van der Waals surface area contributed by atoms with Gasteiger partial charge in [-0.3, -0.25) is 4.72 Å². The first-order valence-corrected chi connectivity index (χ1v) is 8.37. The van der Waals surface area contributed by atoms with Crippen LogP contribution in [0.25, 0.3) is 0 Å². The Morgan fingerprint density at radius 2 is 1.86 bits per heavy atom. The van der Waals surface area contributed by atoms with Gasteiger partial charge in [-0.15, -0.1) is 0 Å². The van der Waals surface area contributed by atoms with Gasteiger partial charge in [0.1, 0.15) is 16.5 Å². The average Bonchev–Trinajstić information content (AvgIpc) is 2.40. The van der Waals surface area contributed by atoms with E-state index in [4.69, 9.17) is 0 Å². The maximum Gasteiger partial charge on any atom is 0.264 e. The van der Waals surface area contributed by atoms with Crippen molar-refractivity contribution in [3.8, 4) is 0 Å². The molecule has 0 saturated heterocycles. The van der Waals surface area contributed by atoms with Crippen molar-refractivity contribution in [1.82, 2.24) is 0 Å². The van der Waals surface area contributed by atoms with Gasteiger partial charge >= 0.3 is 0 Å². The highest BCUT2D eigenvalue weighted by atomic mass is 79.9. The van der Waals surface area contributed by atoms with Crippen LogP contribution in [0.4, 0.5) is 14.5 Å². The number of anilines is 1. The lowest BCUT2D eigenvalue weighted by Gasteiger charge is -2.12. The Kier molecular flexibility index (Phi) is 4.63. The van der Waals surface area contributed by atoms with Gasteiger partial charge in [-0.1, -0.05) is 22.9 Å². The molecule has 0 amide bonds. The zero-order valence-electron chi connectivity index (χ0n) is 11.0. The second kappa shape index (κ2) is 6.11. The summed E-state index contributed by atoms with van der Waals surface area (Å²) < 4.78 is 54.0. The predicted molar refractivity (Wildman–Crippen MR) is 80.7 cm³/mol. The molecule has 0 radical (unpaired) electrons. The molecule has 0 spiro atoms. The lowest BCUT2D eigenvalue weighted by Crippen LogP contribution is -2.15. The van der Waals surface area contributed by atoms with Crippen LogP contribution in [-0.4, -0.2) is 8.42 Å². The van der Waals surface area contributed by atoms with Crippen LogP contribution in [0.3, 0.4) is 0 Å². The van der Waals surface area contributed by atoms with Gasteiger partial charge in [-0.2, -0.15) is 0 Å². The van der Waals surface area contributed by atoms with Gasteiger partial charge in [0.05, 0.1) is 5.69 Å². The molecule has 2 aromatic rings. The highest BCUT2D eigenvalue weighted by Gasteiger charge is 2.20. The number of halogens is 3. The third-order valence-corrected chi connectivity index (χ3v) is 4.77. The molecule has 21 heavy (non-hydrogen) atoms. The third kappa shape index (κ3) is 3.59. The van der Waals surface area contributed by atoms with Crippen LogP contribution in [0.1, 0.15) is 12.5 Å². The fourth-order valence-electron chi connectivity index (χ4n) is 1.85. The minimum atomic E-state index is -4.11. The zero-order chi connectivity index (χ0) is 15.6. The van der Waals surface area contributed by atoms with Crippen molar-refractivity contribution < 1.29 is 17.2 Å². The average molecular weight is 376 g/mol. The number of rotatable bonds is 4. The van der Waals surface area contributed by atoms with Crippen molar-refractivity contribution >= 4 is 31.6 Å². The number of sulfonamides is 1. The number of nitrogens with one attached hydrogen (secondary N) is 1. The molecule has 3 nitrogen and oxygen atoms in total. The second-order valence-electron chi connectivity index (χ2n) is 4.34. The molecule has 0 unspecified atom stereocenters. The van der Waals surface area contributed by atoms with Crippen molar-refractivity contribution in [3.05, 3.63) is 58.1 Å². The van der Waals surface area contributed by atoms with E-state index in [0.29, 0.717) is 18.2 Å². The fourth-order valence-corrected chi connectivity index (χ4v) is 3.42. The largest absolute Gasteiger partial charge is 0.279 e. The first kappa shape index (κ1) is 15.9. The van der Waals surface area contributed by atoms with Crippen LogP contribution in [0.5, 0.6) is 0 Å².